The van der Waals surface area contributed by atoms with Crippen molar-refractivity contribution >= 4 is 17.8 Å². The minimum absolute atomic E-state index is 0.00635. The molecule has 0 bridgehead atoms. The monoisotopic (exact) mass is 373 g/mol. The van der Waals surface area contributed by atoms with E-state index in [9.17, 15) is 23.2 Å². The topological polar surface area (TPSA) is 63.7 Å². The molecule has 0 spiro atoms. The van der Waals surface area contributed by atoms with E-state index in [4.69, 9.17) is 0 Å². The van der Waals surface area contributed by atoms with E-state index in [0.29, 0.717) is 0 Å². The summed E-state index contributed by atoms with van der Waals surface area (Å²) in [5.74, 6) is -7.93. The fraction of sp³-hybridized carbons (Fsp3) is 0.250. The fourth-order valence-electron chi connectivity index (χ4n) is 2.69. The van der Waals surface area contributed by atoms with Gasteiger partial charge < -0.3 is 4.84 Å². The third-order valence-corrected chi connectivity index (χ3v) is 4.30. The largest absolute Gasteiger partial charge is 0.407 e. The first-order valence-corrected chi connectivity index (χ1v) is 8.22. The smallest absolute Gasteiger partial charge is 0.323 e. The SMILES string of the molecule is CC(C)(C)c1ccc(C(F)(F)C(=O)ON2C(=O)c3ccccc3C2=O)cc1. The maximum Gasteiger partial charge on any atom is 0.407 e. The summed E-state index contributed by atoms with van der Waals surface area (Å²) in [5.41, 5.74) is -0.0248. The molecule has 140 valence electrons. The zero-order valence-electron chi connectivity index (χ0n) is 15.0. The van der Waals surface area contributed by atoms with Gasteiger partial charge >= 0.3 is 11.9 Å². The van der Waals surface area contributed by atoms with Crippen molar-refractivity contribution in [1.82, 2.24) is 5.06 Å². The molecule has 0 aliphatic carbocycles. The van der Waals surface area contributed by atoms with Gasteiger partial charge in [-0.05, 0) is 23.1 Å². The second kappa shape index (κ2) is 6.26. The summed E-state index contributed by atoms with van der Waals surface area (Å²) in [4.78, 5) is 40.8. The lowest BCUT2D eigenvalue weighted by Gasteiger charge is -2.21. The number of amides is 2. The number of carbonyl (C=O) groups excluding carboxylic acids is 3. The van der Waals surface area contributed by atoms with Gasteiger partial charge in [0.05, 0.1) is 11.1 Å². The van der Waals surface area contributed by atoms with Crippen LogP contribution < -0.4 is 0 Å². The number of benzene rings is 2. The molecule has 0 aromatic heterocycles. The molecule has 1 aliphatic rings. The maximum atomic E-state index is 14.5. The Balaban J connectivity index is 1.81. The van der Waals surface area contributed by atoms with Crippen LogP contribution in [0, 0.1) is 0 Å². The third kappa shape index (κ3) is 3.20. The number of halogens is 2. The van der Waals surface area contributed by atoms with Gasteiger partial charge in [-0.25, -0.2) is 4.79 Å². The molecule has 27 heavy (non-hydrogen) atoms. The van der Waals surface area contributed by atoms with E-state index in [1.54, 1.807) is 0 Å². The zero-order chi connectivity index (χ0) is 20.0. The molecule has 1 aliphatic heterocycles. The van der Waals surface area contributed by atoms with Crippen molar-refractivity contribution in [3.63, 3.8) is 0 Å². The Morgan fingerprint density at radius 3 is 1.74 bits per heavy atom. The number of imide groups is 1. The number of carbonyl (C=O) groups is 3. The molecule has 7 heteroatoms. The Morgan fingerprint density at radius 1 is 0.852 bits per heavy atom. The van der Waals surface area contributed by atoms with Crippen LogP contribution in [0.25, 0.3) is 0 Å². The first-order chi connectivity index (χ1) is 12.5. The average molecular weight is 373 g/mol. The first kappa shape index (κ1) is 18.7. The summed E-state index contributed by atoms with van der Waals surface area (Å²) in [5, 5.41) is 0.0738. The molecule has 1 heterocycles. The molecule has 0 fully saturated rings. The Hall–Kier alpha value is -3.09. The van der Waals surface area contributed by atoms with Crippen LogP contribution in [-0.2, 0) is 21.0 Å². The van der Waals surface area contributed by atoms with Crippen LogP contribution >= 0.6 is 0 Å². The van der Waals surface area contributed by atoms with Crippen molar-refractivity contribution in [2.24, 2.45) is 0 Å². The fourth-order valence-corrected chi connectivity index (χ4v) is 2.69. The van der Waals surface area contributed by atoms with Gasteiger partial charge in [0.15, 0.2) is 0 Å². The predicted molar refractivity (Wildman–Crippen MR) is 92.1 cm³/mol. The number of alkyl halides is 2. The summed E-state index contributed by atoms with van der Waals surface area (Å²) < 4.78 is 29.0. The highest BCUT2D eigenvalue weighted by molar-refractivity contribution is 6.20. The molecule has 2 amide bonds. The first-order valence-electron chi connectivity index (χ1n) is 8.22. The van der Waals surface area contributed by atoms with E-state index < -0.39 is 29.3 Å². The summed E-state index contributed by atoms with van der Waals surface area (Å²) >= 11 is 0. The highest BCUT2D eigenvalue weighted by atomic mass is 19.3. The summed E-state index contributed by atoms with van der Waals surface area (Å²) in [6, 6.07) is 11.0. The van der Waals surface area contributed by atoms with Gasteiger partial charge in [-0.3, -0.25) is 9.59 Å². The van der Waals surface area contributed by atoms with E-state index in [1.807, 2.05) is 20.8 Å². The molecule has 0 saturated heterocycles. The van der Waals surface area contributed by atoms with Gasteiger partial charge in [-0.15, -0.1) is 0 Å². The molecule has 2 aromatic rings. The van der Waals surface area contributed by atoms with E-state index >= 15 is 0 Å². The van der Waals surface area contributed by atoms with Crippen molar-refractivity contribution in [1.29, 1.82) is 0 Å². The standard InChI is InChI=1S/C20H17F2NO4/c1-19(2,3)12-8-10-13(11-9-12)20(21,22)18(26)27-23-16(24)14-6-4-5-7-15(14)17(23)25/h4-11H,1-3H3. The highest BCUT2D eigenvalue weighted by Crippen LogP contribution is 2.33. The minimum Gasteiger partial charge on any atom is -0.323 e. The van der Waals surface area contributed by atoms with Crippen LogP contribution in [0.4, 0.5) is 8.78 Å². The average Bonchev–Trinajstić information content (AvgIpc) is 2.86. The Kier molecular flexibility index (Phi) is 4.34. The number of hydrogen-bond acceptors (Lipinski definition) is 4. The molecule has 3 rings (SSSR count). The Bertz CT molecular complexity index is 895. The van der Waals surface area contributed by atoms with Crippen molar-refractivity contribution < 1.29 is 28.0 Å². The summed E-state index contributed by atoms with van der Waals surface area (Å²) in [6.45, 7) is 5.78. The number of fused-ring (bicyclic) bond motifs is 1. The predicted octanol–water partition coefficient (Wildman–Crippen LogP) is 3.83. The highest BCUT2D eigenvalue weighted by Gasteiger charge is 2.48. The normalized spacial score (nSPS) is 14.3. The van der Waals surface area contributed by atoms with Gasteiger partial charge in [0.25, 0.3) is 11.8 Å². The Labute approximate surface area is 154 Å². The second-order valence-electron chi connectivity index (χ2n) is 7.23. The summed E-state index contributed by atoms with van der Waals surface area (Å²) in [7, 11) is 0. The lowest BCUT2D eigenvalue weighted by molar-refractivity contribution is -0.198. The Morgan fingerprint density at radius 2 is 1.30 bits per heavy atom. The number of hydroxylamine groups is 2. The van der Waals surface area contributed by atoms with Crippen molar-refractivity contribution in [2.75, 3.05) is 0 Å². The number of nitrogens with zero attached hydrogens (tertiary/aromatic N) is 1. The van der Waals surface area contributed by atoms with Crippen molar-refractivity contribution in [3.05, 3.63) is 70.8 Å². The minimum atomic E-state index is -4.02. The maximum absolute atomic E-state index is 14.5. The molecule has 0 atom stereocenters. The molecule has 2 aromatic carbocycles. The number of hydrogen-bond donors (Lipinski definition) is 0. The zero-order valence-corrected chi connectivity index (χ0v) is 15.0. The van der Waals surface area contributed by atoms with E-state index in [0.717, 1.165) is 17.7 Å². The van der Waals surface area contributed by atoms with Gasteiger partial charge in [-0.2, -0.15) is 8.78 Å². The summed E-state index contributed by atoms with van der Waals surface area (Å²) in [6.07, 6.45) is 0. The molecular weight excluding hydrogens is 356 g/mol. The second-order valence-corrected chi connectivity index (χ2v) is 7.23. The van der Waals surface area contributed by atoms with E-state index in [1.165, 1.54) is 36.4 Å². The molecule has 0 radical (unpaired) electrons. The van der Waals surface area contributed by atoms with Crippen LogP contribution in [0.3, 0.4) is 0 Å². The third-order valence-electron chi connectivity index (χ3n) is 4.30. The van der Waals surface area contributed by atoms with Crippen molar-refractivity contribution in [3.8, 4) is 0 Å². The van der Waals surface area contributed by atoms with Crippen LogP contribution in [0.15, 0.2) is 48.5 Å². The van der Waals surface area contributed by atoms with Crippen LogP contribution in [0.1, 0.15) is 52.6 Å². The van der Waals surface area contributed by atoms with Crippen LogP contribution in [-0.4, -0.2) is 22.8 Å². The van der Waals surface area contributed by atoms with E-state index in [-0.39, 0.29) is 21.6 Å². The van der Waals surface area contributed by atoms with Crippen molar-refractivity contribution in [2.45, 2.75) is 32.1 Å². The van der Waals surface area contributed by atoms with Gasteiger partial charge in [0, 0.05) is 5.56 Å². The van der Waals surface area contributed by atoms with Crippen LogP contribution in [0.5, 0.6) is 0 Å². The van der Waals surface area contributed by atoms with Gasteiger partial charge in [0.2, 0.25) is 0 Å². The van der Waals surface area contributed by atoms with E-state index in [2.05, 4.69) is 4.84 Å². The van der Waals surface area contributed by atoms with Crippen LogP contribution in [0.2, 0.25) is 0 Å². The lowest BCUT2D eigenvalue weighted by atomic mass is 9.86. The quantitative estimate of drug-likeness (QED) is 0.767. The lowest BCUT2D eigenvalue weighted by Crippen LogP contribution is -2.39. The molecule has 0 unspecified atom stereocenters. The molecule has 5 nitrogen and oxygen atoms in total. The molecule has 0 N–H and O–H groups in total. The molecular formula is C20H17F2NO4. The number of rotatable bonds is 3. The molecule has 0 saturated carbocycles. The van der Waals surface area contributed by atoms with Gasteiger partial charge in [0.1, 0.15) is 0 Å². The van der Waals surface area contributed by atoms with Gasteiger partial charge in [-0.1, -0.05) is 62.2 Å².